The lowest BCUT2D eigenvalue weighted by molar-refractivity contribution is 0.100. The second-order valence-corrected chi connectivity index (χ2v) is 8.05. The molecule has 2 aromatic carbocycles. The number of hydrogen-bond acceptors (Lipinski definition) is 6. The molecule has 7 heteroatoms. The third-order valence-electron chi connectivity index (χ3n) is 4.70. The van der Waals surface area contributed by atoms with Crippen LogP contribution in [0.15, 0.2) is 47.5 Å². The third kappa shape index (κ3) is 4.13. The number of rotatable bonds is 5. The first-order valence-electron chi connectivity index (χ1n) is 9.30. The van der Waals surface area contributed by atoms with E-state index < -0.39 is 0 Å². The fourth-order valence-corrected chi connectivity index (χ4v) is 4.43. The van der Waals surface area contributed by atoms with Crippen molar-refractivity contribution in [2.24, 2.45) is 4.99 Å². The summed E-state index contributed by atoms with van der Waals surface area (Å²) < 4.78 is 11.2. The van der Waals surface area contributed by atoms with Crippen molar-refractivity contribution in [3.63, 3.8) is 0 Å². The van der Waals surface area contributed by atoms with E-state index in [1.54, 1.807) is 30.0 Å². The zero-order valence-corrected chi connectivity index (χ0v) is 17.1. The maximum atomic E-state index is 13.1. The van der Waals surface area contributed by atoms with Crippen LogP contribution in [0.4, 0.5) is 5.69 Å². The molecule has 0 amide bonds. The number of anilines is 1. The molecule has 0 fully saturated rings. The second kappa shape index (κ2) is 8.45. The molecule has 0 bridgehead atoms. The van der Waals surface area contributed by atoms with Gasteiger partial charge in [-0.05, 0) is 48.9 Å². The summed E-state index contributed by atoms with van der Waals surface area (Å²) in [6, 6.07) is 13.1. The Balaban J connectivity index is 1.60. The number of halogens is 1. The largest absolute Gasteiger partial charge is 0.486 e. The van der Waals surface area contributed by atoms with Gasteiger partial charge in [0.2, 0.25) is 0 Å². The molecule has 0 radical (unpaired) electrons. The average Bonchev–Trinajstić information content (AvgIpc) is 3.21. The summed E-state index contributed by atoms with van der Waals surface area (Å²) in [5.74, 6) is 2.23. The van der Waals surface area contributed by atoms with Crippen molar-refractivity contribution < 1.29 is 14.3 Å². The Bertz CT molecular complexity index is 901. The highest BCUT2D eigenvalue weighted by Crippen LogP contribution is 2.32. The molecule has 0 unspecified atom stereocenters. The van der Waals surface area contributed by atoms with Crippen LogP contribution < -0.4 is 14.4 Å². The van der Waals surface area contributed by atoms with Crippen LogP contribution in [0.5, 0.6) is 11.5 Å². The van der Waals surface area contributed by atoms with Gasteiger partial charge in [-0.3, -0.25) is 9.79 Å². The van der Waals surface area contributed by atoms with Gasteiger partial charge in [0.15, 0.2) is 22.4 Å². The summed E-state index contributed by atoms with van der Waals surface area (Å²) in [7, 11) is 0. The van der Waals surface area contributed by atoms with Crippen molar-refractivity contribution in [3.8, 4) is 11.5 Å². The maximum absolute atomic E-state index is 13.1. The molecular weight excluding hydrogens is 396 g/mol. The van der Waals surface area contributed by atoms with Crippen molar-refractivity contribution in [1.82, 2.24) is 0 Å². The van der Waals surface area contributed by atoms with E-state index in [2.05, 4.69) is 6.92 Å². The molecule has 1 atom stereocenters. The Morgan fingerprint density at radius 1 is 1.18 bits per heavy atom. The number of aliphatic imine (C=N–C) groups is 1. The van der Waals surface area contributed by atoms with E-state index in [0.29, 0.717) is 41.3 Å². The monoisotopic (exact) mass is 416 g/mol. The van der Waals surface area contributed by atoms with Gasteiger partial charge < -0.3 is 14.4 Å². The zero-order chi connectivity index (χ0) is 19.5. The summed E-state index contributed by atoms with van der Waals surface area (Å²) in [5.41, 5.74) is 1.50. The molecule has 0 saturated carbocycles. The number of carbonyl (C=O) groups excluding carboxylic acids is 1. The summed E-state index contributed by atoms with van der Waals surface area (Å²) in [5, 5.41) is 1.54. The molecule has 2 aliphatic rings. The topological polar surface area (TPSA) is 51.1 Å². The number of fused-ring (bicyclic) bond motifs is 1. The molecule has 28 heavy (non-hydrogen) atoms. The average molecular weight is 417 g/mol. The lowest BCUT2D eigenvalue weighted by Crippen LogP contribution is -2.33. The minimum atomic E-state index is -0.00447. The Kier molecular flexibility index (Phi) is 5.78. The standard InChI is InChI=1S/C21H21ClN2O3S/c1-2-16-13-28-21(23-16)24(17-6-4-15(22)5-7-17)12-18(25)14-3-8-19-20(11-14)27-10-9-26-19/h3-8,11,16H,2,9-10,12-13H2,1H3/t16-/m1/s1. The van der Waals surface area contributed by atoms with Gasteiger partial charge in [0.1, 0.15) is 13.2 Å². The predicted molar refractivity (Wildman–Crippen MR) is 115 cm³/mol. The smallest absolute Gasteiger partial charge is 0.182 e. The van der Waals surface area contributed by atoms with Crippen LogP contribution in [0.2, 0.25) is 5.02 Å². The van der Waals surface area contributed by atoms with E-state index in [0.717, 1.165) is 23.0 Å². The van der Waals surface area contributed by atoms with Crippen LogP contribution >= 0.6 is 23.4 Å². The quantitative estimate of drug-likeness (QED) is 0.662. The molecular formula is C21H21ClN2O3S. The van der Waals surface area contributed by atoms with Gasteiger partial charge in [-0.25, -0.2) is 0 Å². The first-order chi connectivity index (χ1) is 13.6. The number of thioether (sulfide) groups is 1. The van der Waals surface area contributed by atoms with Crippen molar-refractivity contribution in [1.29, 1.82) is 0 Å². The number of carbonyl (C=O) groups is 1. The molecule has 2 heterocycles. The first kappa shape index (κ1) is 19.2. The molecule has 146 valence electrons. The Hall–Kier alpha value is -2.18. The van der Waals surface area contributed by atoms with E-state index >= 15 is 0 Å². The molecule has 2 aliphatic heterocycles. The fraction of sp³-hybridized carbons (Fsp3) is 0.333. The van der Waals surface area contributed by atoms with Crippen LogP contribution in [0.25, 0.3) is 0 Å². The SMILES string of the molecule is CC[C@@H]1CSC(N(CC(=O)c2ccc3c(c2)OCCO3)c2ccc(Cl)cc2)=N1. The molecule has 0 saturated heterocycles. The van der Waals surface area contributed by atoms with Gasteiger partial charge in [-0.15, -0.1) is 0 Å². The van der Waals surface area contributed by atoms with Crippen LogP contribution in [-0.2, 0) is 0 Å². The minimum absolute atomic E-state index is 0.00447. The van der Waals surface area contributed by atoms with E-state index in [4.69, 9.17) is 26.1 Å². The van der Waals surface area contributed by atoms with Gasteiger partial charge >= 0.3 is 0 Å². The molecule has 0 aromatic heterocycles. The molecule has 0 N–H and O–H groups in total. The number of hydrogen-bond donors (Lipinski definition) is 0. The summed E-state index contributed by atoms with van der Waals surface area (Å²) in [6.07, 6.45) is 0.987. The minimum Gasteiger partial charge on any atom is -0.486 e. The molecule has 0 aliphatic carbocycles. The highest BCUT2D eigenvalue weighted by molar-refractivity contribution is 8.14. The molecule has 5 nitrogen and oxygen atoms in total. The van der Waals surface area contributed by atoms with E-state index in [9.17, 15) is 4.79 Å². The first-order valence-corrected chi connectivity index (χ1v) is 10.7. The lowest BCUT2D eigenvalue weighted by Gasteiger charge is -2.24. The van der Waals surface area contributed by atoms with Crippen molar-refractivity contribution in [2.75, 3.05) is 30.4 Å². The number of ether oxygens (including phenoxy) is 2. The summed E-state index contributed by atoms with van der Waals surface area (Å²) in [4.78, 5) is 19.8. The van der Waals surface area contributed by atoms with Crippen LogP contribution in [0, 0.1) is 0 Å². The Morgan fingerprint density at radius 2 is 1.93 bits per heavy atom. The summed E-state index contributed by atoms with van der Waals surface area (Å²) >= 11 is 7.73. The van der Waals surface area contributed by atoms with Crippen LogP contribution in [-0.4, -0.2) is 42.5 Å². The Morgan fingerprint density at radius 3 is 2.64 bits per heavy atom. The van der Waals surface area contributed by atoms with Gasteiger partial charge in [0, 0.05) is 22.0 Å². The van der Waals surface area contributed by atoms with Gasteiger partial charge in [-0.1, -0.05) is 30.3 Å². The third-order valence-corrected chi connectivity index (χ3v) is 6.09. The number of Topliss-reactive ketones (excluding diaryl/α,β-unsaturated/α-hetero) is 1. The second-order valence-electron chi connectivity index (χ2n) is 6.63. The van der Waals surface area contributed by atoms with Crippen molar-refractivity contribution in [3.05, 3.63) is 53.1 Å². The van der Waals surface area contributed by atoms with Crippen LogP contribution in [0.3, 0.4) is 0 Å². The number of benzene rings is 2. The fourth-order valence-electron chi connectivity index (χ4n) is 3.10. The molecule has 4 rings (SSSR count). The van der Waals surface area contributed by atoms with Gasteiger partial charge in [0.25, 0.3) is 0 Å². The van der Waals surface area contributed by atoms with Crippen molar-refractivity contribution in [2.45, 2.75) is 19.4 Å². The number of amidine groups is 1. The van der Waals surface area contributed by atoms with E-state index in [1.807, 2.05) is 29.2 Å². The number of nitrogens with zero attached hydrogens (tertiary/aromatic N) is 2. The predicted octanol–water partition coefficient (Wildman–Crippen LogP) is 4.68. The normalized spacial score (nSPS) is 17.9. The highest BCUT2D eigenvalue weighted by atomic mass is 35.5. The summed E-state index contributed by atoms with van der Waals surface area (Å²) in [6.45, 7) is 3.35. The van der Waals surface area contributed by atoms with Crippen LogP contribution in [0.1, 0.15) is 23.7 Å². The number of ketones is 1. The highest BCUT2D eigenvalue weighted by Gasteiger charge is 2.25. The Labute approximate surface area is 173 Å². The van der Waals surface area contributed by atoms with Gasteiger partial charge in [0.05, 0.1) is 12.6 Å². The van der Waals surface area contributed by atoms with Crippen molar-refractivity contribution >= 4 is 40.0 Å². The van der Waals surface area contributed by atoms with E-state index in [-0.39, 0.29) is 12.3 Å². The van der Waals surface area contributed by atoms with E-state index in [1.165, 1.54) is 0 Å². The molecule has 0 spiro atoms. The molecule has 2 aromatic rings. The van der Waals surface area contributed by atoms with Gasteiger partial charge in [-0.2, -0.15) is 0 Å². The zero-order valence-electron chi connectivity index (χ0n) is 15.6. The maximum Gasteiger partial charge on any atom is 0.182 e. The lowest BCUT2D eigenvalue weighted by atomic mass is 10.1.